The van der Waals surface area contributed by atoms with Crippen LogP contribution in [0.5, 0.6) is 0 Å². The fraction of sp³-hybridized carbons (Fsp3) is 0.154. The van der Waals surface area contributed by atoms with E-state index in [2.05, 4.69) is 31.9 Å². The number of hydrogen-bond acceptors (Lipinski definition) is 1. The lowest BCUT2D eigenvalue weighted by Gasteiger charge is -2.13. The van der Waals surface area contributed by atoms with Gasteiger partial charge in [0.2, 0.25) is 0 Å². The highest BCUT2D eigenvalue weighted by molar-refractivity contribution is 9.10. The van der Waals surface area contributed by atoms with E-state index in [1.807, 2.05) is 6.07 Å². The maximum atomic E-state index is 13.2. The van der Waals surface area contributed by atoms with Gasteiger partial charge in [0.1, 0.15) is 11.8 Å². The van der Waals surface area contributed by atoms with E-state index in [0.717, 1.165) is 4.57 Å². The second-order valence-electron chi connectivity index (χ2n) is 4.05. The first-order valence-electron chi connectivity index (χ1n) is 5.52. The number of alkyl halides is 4. The molecule has 21 heavy (non-hydrogen) atoms. The quantitative estimate of drug-likeness (QED) is 0.540. The van der Waals surface area contributed by atoms with Gasteiger partial charge in [-0.1, -0.05) is 39.7 Å². The molecule has 0 aliphatic rings. The molecule has 0 atom stereocenters. The highest BCUT2D eigenvalue weighted by Crippen LogP contribution is 2.43. The van der Waals surface area contributed by atoms with Gasteiger partial charge < -0.3 is 4.57 Å². The molecule has 0 bridgehead atoms. The number of nitriles is 1. The van der Waals surface area contributed by atoms with Crippen molar-refractivity contribution in [3.8, 4) is 17.3 Å². The van der Waals surface area contributed by atoms with Crippen molar-refractivity contribution in [3.63, 3.8) is 0 Å². The molecule has 2 rings (SSSR count). The summed E-state index contributed by atoms with van der Waals surface area (Å²) < 4.78 is 40.4. The van der Waals surface area contributed by atoms with Crippen LogP contribution in [0.3, 0.4) is 0 Å². The second kappa shape index (κ2) is 6.03. The van der Waals surface area contributed by atoms with Crippen molar-refractivity contribution >= 4 is 43.5 Å². The lowest BCUT2D eigenvalue weighted by Crippen LogP contribution is -2.13. The van der Waals surface area contributed by atoms with Crippen molar-refractivity contribution < 1.29 is 13.2 Å². The molecule has 0 fully saturated rings. The molecule has 2 nitrogen and oxygen atoms in total. The van der Waals surface area contributed by atoms with Crippen LogP contribution in [0.15, 0.2) is 28.7 Å². The van der Waals surface area contributed by atoms with Crippen molar-refractivity contribution in [2.75, 3.05) is 0 Å². The highest BCUT2D eigenvalue weighted by Gasteiger charge is 2.40. The van der Waals surface area contributed by atoms with Crippen LogP contribution in [-0.4, -0.2) is 4.57 Å². The highest BCUT2D eigenvalue weighted by atomic mass is 79.9. The molecule has 0 saturated carbocycles. The Bertz CT molecular complexity index is 715. The molecule has 0 amide bonds. The lowest BCUT2D eigenvalue weighted by molar-refractivity contribution is -0.143. The van der Waals surface area contributed by atoms with Crippen LogP contribution in [0.2, 0.25) is 5.02 Å². The summed E-state index contributed by atoms with van der Waals surface area (Å²) in [5.74, 6) is 0. The van der Waals surface area contributed by atoms with Crippen LogP contribution < -0.4 is 0 Å². The van der Waals surface area contributed by atoms with E-state index in [9.17, 15) is 18.4 Å². The van der Waals surface area contributed by atoms with Gasteiger partial charge in [-0.3, -0.25) is 0 Å². The van der Waals surface area contributed by atoms with Gasteiger partial charge in [0.25, 0.3) is 0 Å². The Morgan fingerprint density at radius 2 is 1.81 bits per heavy atom. The summed E-state index contributed by atoms with van der Waals surface area (Å²) in [7, 11) is 0. The normalized spacial score (nSPS) is 11.5. The average Bonchev–Trinajstić information content (AvgIpc) is 2.71. The minimum Gasteiger partial charge on any atom is -0.324 e. The van der Waals surface area contributed by atoms with E-state index in [1.54, 1.807) is 24.3 Å². The molecular weight excluding hydrogens is 436 g/mol. The van der Waals surface area contributed by atoms with Crippen LogP contribution in [0, 0.1) is 11.3 Å². The summed E-state index contributed by atoms with van der Waals surface area (Å²) in [6.07, 6.45) is -4.58. The van der Waals surface area contributed by atoms with E-state index in [1.165, 1.54) is 0 Å². The standard InChI is InChI=1S/C13H6Br2ClF3N2/c14-6-21-11(7-1-3-8(16)4-2-7)9(5-20)10(15)12(21)13(17,18)19/h1-4H,6H2. The monoisotopic (exact) mass is 440 g/mol. The molecule has 0 unspecified atom stereocenters. The topological polar surface area (TPSA) is 28.7 Å². The number of hydrogen-bond donors (Lipinski definition) is 0. The average molecular weight is 442 g/mol. The fourth-order valence-electron chi connectivity index (χ4n) is 1.99. The van der Waals surface area contributed by atoms with Gasteiger partial charge in [-0.2, -0.15) is 18.4 Å². The Balaban J connectivity index is 2.83. The molecular formula is C13H6Br2ClF3N2. The Kier molecular flexibility index (Phi) is 4.71. The number of nitrogens with zero attached hydrogens (tertiary/aromatic N) is 2. The molecule has 0 aliphatic heterocycles. The van der Waals surface area contributed by atoms with E-state index >= 15 is 0 Å². The number of halogens is 6. The molecule has 0 radical (unpaired) electrons. The van der Waals surface area contributed by atoms with Crippen LogP contribution in [0.1, 0.15) is 11.3 Å². The van der Waals surface area contributed by atoms with Gasteiger partial charge in [0, 0.05) is 5.02 Å². The lowest BCUT2D eigenvalue weighted by atomic mass is 10.1. The van der Waals surface area contributed by atoms with Crippen molar-refractivity contribution in [3.05, 3.63) is 45.0 Å². The maximum absolute atomic E-state index is 13.2. The molecule has 8 heteroatoms. The minimum absolute atomic E-state index is 0.0657. The van der Waals surface area contributed by atoms with Crippen LogP contribution in [0.4, 0.5) is 13.2 Å². The number of aromatic nitrogens is 1. The Labute approximate surface area is 140 Å². The summed E-state index contributed by atoms with van der Waals surface area (Å²) >= 11 is 11.7. The van der Waals surface area contributed by atoms with Crippen LogP contribution in [-0.2, 0) is 11.6 Å². The Morgan fingerprint density at radius 3 is 2.24 bits per heavy atom. The van der Waals surface area contributed by atoms with Gasteiger partial charge in [-0.25, -0.2) is 0 Å². The third kappa shape index (κ3) is 2.98. The summed E-state index contributed by atoms with van der Waals surface area (Å²) in [5.41, 5.74) is -0.401. The van der Waals surface area contributed by atoms with Crippen LogP contribution >= 0.6 is 43.5 Å². The second-order valence-corrected chi connectivity index (χ2v) is 5.78. The van der Waals surface area contributed by atoms with Gasteiger partial charge in [0.05, 0.1) is 21.2 Å². The predicted octanol–water partition coefficient (Wildman–Crippen LogP) is 5.81. The zero-order valence-electron chi connectivity index (χ0n) is 10.2. The van der Waals surface area contributed by atoms with Crippen molar-refractivity contribution in [1.29, 1.82) is 5.26 Å². The van der Waals surface area contributed by atoms with E-state index in [-0.39, 0.29) is 21.2 Å². The smallest absolute Gasteiger partial charge is 0.324 e. The summed E-state index contributed by atoms with van der Waals surface area (Å²) in [6.45, 7) is 0. The van der Waals surface area contributed by atoms with Crippen LogP contribution in [0.25, 0.3) is 11.3 Å². The number of benzene rings is 1. The molecule has 1 aromatic carbocycles. The summed E-state index contributed by atoms with van der Waals surface area (Å²) in [5, 5.41) is 9.67. The van der Waals surface area contributed by atoms with E-state index in [0.29, 0.717) is 10.6 Å². The first-order valence-corrected chi connectivity index (χ1v) is 7.81. The SMILES string of the molecule is N#Cc1c(Br)c(C(F)(F)F)n(CBr)c1-c1ccc(Cl)cc1. The zero-order valence-corrected chi connectivity index (χ0v) is 14.1. The third-order valence-electron chi connectivity index (χ3n) is 2.82. The molecule has 1 heterocycles. The molecule has 0 saturated heterocycles. The Hall–Kier alpha value is -0.970. The predicted molar refractivity (Wildman–Crippen MR) is 81.2 cm³/mol. The summed E-state index contributed by atoms with van der Waals surface area (Å²) in [6, 6.07) is 8.09. The van der Waals surface area contributed by atoms with Gasteiger partial charge in [-0.05, 0) is 33.6 Å². The molecule has 0 spiro atoms. The summed E-state index contributed by atoms with van der Waals surface area (Å²) in [4.78, 5) is 0. The fourth-order valence-corrected chi connectivity index (χ4v) is 3.34. The Morgan fingerprint density at radius 1 is 1.24 bits per heavy atom. The molecule has 2 aromatic rings. The van der Waals surface area contributed by atoms with Gasteiger partial charge in [-0.15, -0.1) is 0 Å². The molecule has 0 N–H and O–H groups in total. The third-order valence-corrected chi connectivity index (χ3v) is 4.35. The van der Waals surface area contributed by atoms with Crippen molar-refractivity contribution in [1.82, 2.24) is 4.57 Å². The zero-order chi connectivity index (χ0) is 15.8. The van der Waals surface area contributed by atoms with Crippen molar-refractivity contribution in [2.24, 2.45) is 0 Å². The van der Waals surface area contributed by atoms with Crippen molar-refractivity contribution in [2.45, 2.75) is 11.6 Å². The minimum atomic E-state index is -4.58. The van der Waals surface area contributed by atoms with Gasteiger partial charge >= 0.3 is 6.18 Å². The number of rotatable bonds is 2. The first kappa shape index (κ1) is 16.4. The molecule has 1 aromatic heterocycles. The molecule has 0 aliphatic carbocycles. The largest absolute Gasteiger partial charge is 0.432 e. The maximum Gasteiger partial charge on any atom is 0.432 e. The molecule has 110 valence electrons. The van der Waals surface area contributed by atoms with E-state index < -0.39 is 11.9 Å². The van der Waals surface area contributed by atoms with E-state index in [4.69, 9.17) is 11.6 Å². The first-order chi connectivity index (χ1) is 9.81. The van der Waals surface area contributed by atoms with Gasteiger partial charge in [0.15, 0.2) is 0 Å².